The number of ether oxygens (including phenoxy) is 1. The van der Waals surface area contributed by atoms with E-state index in [1.807, 2.05) is 25.1 Å². The molecule has 1 aromatic carbocycles. The smallest absolute Gasteiger partial charge is 0.313 e. The van der Waals surface area contributed by atoms with E-state index in [1.165, 1.54) is 0 Å². The van der Waals surface area contributed by atoms with Gasteiger partial charge in [-0.15, -0.1) is 0 Å². The van der Waals surface area contributed by atoms with Crippen molar-refractivity contribution in [3.05, 3.63) is 29.8 Å². The first-order valence-corrected chi connectivity index (χ1v) is 5.45. The minimum atomic E-state index is -0.926. The van der Waals surface area contributed by atoms with Gasteiger partial charge in [0.2, 0.25) is 0 Å². The van der Waals surface area contributed by atoms with Crippen molar-refractivity contribution in [1.82, 2.24) is 0 Å². The molecule has 0 bridgehead atoms. The highest BCUT2D eigenvalue weighted by molar-refractivity contribution is 5.81. The fraction of sp³-hybridized carbons (Fsp3) is 0.462. The molecular weight excluding hydrogens is 204 g/mol. The molecule has 0 amide bonds. The summed E-state index contributed by atoms with van der Waals surface area (Å²) >= 11 is 0. The first-order chi connectivity index (χ1) is 7.50. The van der Waals surface area contributed by atoms with E-state index in [9.17, 15) is 9.90 Å². The molecular formula is C13H18O3. The van der Waals surface area contributed by atoms with Crippen LogP contribution in [-0.2, 0) is 10.2 Å². The van der Waals surface area contributed by atoms with E-state index in [4.69, 9.17) is 4.74 Å². The zero-order chi connectivity index (χ0) is 12.2. The van der Waals surface area contributed by atoms with Crippen LogP contribution in [0.1, 0.15) is 32.8 Å². The number of hydrogen-bond acceptors (Lipinski definition) is 2. The van der Waals surface area contributed by atoms with Crippen LogP contribution in [0.15, 0.2) is 24.3 Å². The third-order valence-electron chi connectivity index (χ3n) is 2.56. The van der Waals surface area contributed by atoms with Crippen molar-refractivity contribution < 1.29 is 14.6 Å². The van der Waals surface area contributed by atoms with E-state index >= 15 is 0 Å². The van der Waals surface area contributed by atoms with Gasteiger partial charge in [0.05, 0.1) is 12.0 Å². The number of carboxylic acids is 1. The molecule has 0 heterocycles. The molecule has 16 heavy (non-hydrogen) atoms. The minimum absolute atomic E-state index is 0.604. The molecule has 1 aromatic rings. The normalized spacial score (nSPS) is 11.2. The monoisotopic (exact) mass is 222 g/mol. The number of carbonyl (C=O) groups is 1. The highest BCUT2D eigenvalue weighted by Crippen LogP contribution is 2.31. The average molecular weight is 222 g/mol. The quantitative estimate of drug-likeness (QED) is 0.833. The van der Waals surface area contributed by atoms with E-state index in [-0.39, 0.29) is 0 Å². The summed E-state index contributed by atoms with van der Waals surface area (Å²) in [6.07, 6.45) is 0.905. The summed E-state index contributed by atoms with van der Waals surface area (Å²) in [7, 11) is 0. The predicted octanol–water partition coefficient (Wildman–Crippen LogP) is 2.84. The Morgan fingerprint density at radius 2 is 2.00 bits per heavy atom. The van der Waals surface area contributed by atoms with E-state index in [1.54, 1.807) is 19.9 Å². The van der Waals surface area contributed by atoms with Gasteiger partial charge in [0.1, 0.15) is 5.75 Å². The zero-order valence-electron chi connectivity index (χ0n) is 9.99. The molecule has 88 valence electrons. The third kappa shape index (κ3) is 2.54. The number of aliphatic carboxylic acids is 1. The topological polar surface area (TPSA) is 46.5 Å². The molecule has 0 saturated carbocycles. The van der Waals surface area contributed by atoms with Crippen molar-refractivity contribution in [3.8, 4) is 5.75 Å². The Labute approximate surface area is 96.1 Å². The van der Waals surface area contributed by atoms with Crippen LogP contribution in [-0.4, -0.2) is 17.7 Å². The number of para-hydroxylation sites is 1. The number of benzene rings is 1. The Morgan fingerprint density at radius 3 is 2.56 bits per heavy atom. The number of carboxylic acid groups (broad SMARTS) is 1. The van der Waals surface area contributed by atoms with E-state index in [0.717, 1.165) is 12.0 Å². The first kappa shape index (κ1) is 12.6. The van der Waals surface area contributed by atoms with Gasteiger partial charge in [-0.05, 0) is 26.3 Å². The lowest BCUT2D eigenvalue weighted by molar-refractivity contribution is -0.142. The van der Waals surface area contributed by atoms with Crippen molar-refractivity contribution in [2.75, 3.05) is 6.61 Å². The average Bonchev–Trinajstić information content (AvgIpc) is 2.26. The van der Waals surface area contributed by atoms with Crippen molar-refractivity contribution in [2.24, 2.45) is 0 Å². The second kappa shape index (κ2) is 5.01. The Morgan fingerprint density at radius 1 is 1.38 bits per heavy atom. The molecule has 0 saturated heterocycles. The maximum absolute atomic E-state index is 11.2. The summed E-state index contributed by atoms with van der Waals surface area (Å²) in [4.78, 5) is 11.2. The number of hydrogen-bond donors (Lipinski definition) is 1. The predicted molar refractivity (Wildman–Crippen MR) is 62.9 cm³/mol. The molecule has 0 aliphatic carbocycles. The Hall–Kier alpha value is -1.51. The van der Waals surface area contributed by atoms with Crippen molar-refractivity contribution in [3.63, 3.8) is 0 Å². The highest BCUT2D eigenvalue weighted by atomic mass is 16.5. The van der Waals surface area contributed by atoms with Crippen LogP contribution in [0, 0.1) is 0 Å². The van der Waals surface area contributed by atoms with Crippen LogP contribution in [0.4, 0.5) is 0 Å². The van der Waals surface area contributed by atoms with Crippen LogP contribution in [0.25, 0.3) is 0 Å². The summed E-state index contributed by atoms with van der Waals surface area (Å²) in [6.45, 7) is 5.99. The minimum Gasteiger partial charge on any atom is -0.493 e. The van der Waals surface area contributed by atoms with Crippen LogP contribution >= 0.6 is 0 Å². The van der Waals surface area contributed by atoms with Gasteiger partial charge in [0.15, 0.2) is 0 Å². The molecule has 1 N–H and O–H groups in total. The fourth-order valence-electron chi connectivity index (χ4n) is 1.44. The van der Waals surface area contributed by atoms with E-state index < -0.39 is 11.4 Å². The highest BCUT2D eigenvalue weighted by Gasteiger charge is 2.32. The summed E-state index contributed by atoms with van der Waals surface area (Å²) in [6, 6.07) is 7.31. The summed E-state index contributed by atoms with van der Waals surface area (Å²) in [5.74, 6) is -0.184. The van der Waals surface area contributed by atoms with Crippen molar-refractivity contribution >= 4 is 5.97 Å². The fourth-order valence-corrected chi connectivity index (χ4v) is 1.44. The van der Waals surface area contributed by atoms with Crippen molar-refractivity contribution in [2.45, 2.75) is 32.6 Å². The summed E-state index contributed by atoms with van der Waals surface area (Å²) in [5, 5.41) is 9.19. The van der Waals surface area contributed by atoms with Gasteiger partial charge in [-0.25, -0.2) is 0 Å². The lowest BCUT2D eigenvalue weighted by atomic mass is 9.84. The van der Waals surface area contributed by atoms with E-state index in [0.29, 0.717) is 12.4 Å². The summed E-state index contributed by atoms with van der Waals surface area (Å²) < 4.78 is 5.56. The zero-order valence-corrected chi connectivity index (χ0v) is 9.99. The molecule has 0 radical (unpaired) electrons. The Balaban J connectivity index is 3.07. The first-order valence-electron chi connectivity index (χ1n) is 5.45. The van der Waals surface area contributed by atoms with Gasteiger partial charge in [-0.3, -0.25) is 4.79 Å². The molecule has 0 fully saturated rings. The van der Waals surface area contributed by atoms with E-state index in [2.05, 4.69) is 0 Å². The SMILES string of the molecule is CCCOc1ccccc1C(C)(C)C(=O)O. The Kier molecular flexibility index (Phi) is 3.93. The molecule has 0 aliphatic heterocycles. The largest absolute Gasteiger partial charge is 0.493 e. The molecule has 3 nitrogen and oxygen atoms in total. The molecule has 0 aromatic heterocycles. The molecule has 0 spiro atoms. The van der Waals surface area contributed by atoms with Crippen LogP contribution in [0.5, 0.6) is 5.75 Å². The van der Waals surface area contributed by atoms with Gasteiger partial charge >= 0.3 is 5.97 Å². The molecule has 0 aliphatic rings. The van der Waals surface area contributed by atoms with Gasteiger partial charge in [-0.1, -0.05) is 25.1 Å². The second-order valence-corrected chi connectivity index (χ2v) is 4.27. The number of rotatable bonds is 5. The van der Waals surface area contributed by atoms with Crippen LogP contribution in [0.2, 0.25) is 0 Å². The maximum Gasteiger partial charge on any atom is 0.313 e. The molecule has 1 rings (SSSR count). The van der Waals surface area contributed by atoms with Crippen LogP contribution in [0.3, 0.4) is 0 Å². The van der Waals surface area contributed by atoms with Gasteiger partial charge < -0.3 is 9.84 Å². The third-order valence-corrected chi connectivity index (χ3v) is 2.56. The van der Waals surface area contributed by atoms with Gasteiger partial charge in [-0.2, -0.15) is 0 Å². The summed E-state index contributed by atoms with van der Waals surface area (Å²) in [5.41, 5.74) is -0.208. The van der Waals surface area contributed by atoms with Gasteiger partial charge in [0.25, 0.3) is 0 Å². The lowest BCUT2D eigenvalue weighted by Gasteiger charge is -2.22. The lowest BCUT2D eigenvalue weighted by Crippen LogP contribution is -2.29. The molecule has 0 atom stereocenters. The standard InChI is InChI=1S/C13H18O3/c1-4-9-16-11-8-6-5-7-10(11)13(2,3)12(14)15/h5-8H,4,9H2,1-3H3,(H,14,15). The Bertz CT molecular complexity index is 369. The van der Waals surface area contributed by atoms with Crippen LogP contribution < -0.4 is 4.74 Å². The molecule has 0 unspecified atom stereocenters. The van der Waals surface area contributed by atoms with Crippen molar-refractivity contribution in [1.29, 1.82) is 0 Å². The second-order valence-electron chi connectivity index (χ2n) is 4.27. The van der Waals surface area contributed by atoms with Gasteiger partial charge in [0, 0.05) is 5.56 Å². The molecule has 3 heteroatoms. The maximum atomic E-state index is 11.2.